The van der Waals surface area contributed by atoms with E-state index in [1.807, 2.05) is 31.2 Å². The van der Waals surface area contributed by atoms with E-state index in [4.69, 9.17) is 4.74 Å². The van der Waals surface area contributed by atoms with E-state index >= 15 is 0 Å². The van der Waals surface area contributed by atoms with E-state index in [0.29, 0.717) is 12.4 Å². The topological polar surface area (TPSA) is 129 Å². The number of benzene rings is 3. The number of hydrogen-bond acceptors (Lipinski definition) is 5. The monoisotopic (exact) mass is 492 g/mol. The van der Waals surface area contributed by atoms with Crippen molar-refractivity contribution in [3.05, 3.63) is 90.1 Å². The Kier molecular flexibility index (Phi) is 7.02. The first-order valence-corrected chi connectivity index (χ1v) is 12.3. The Morgan fingerprint density at radius 3 is 2.49 bits per heavy atom. The van der Waals surface area contributed by atoms with E-state index in [1.165, 1.54) is 30.3 Å². The van der Waals surface area contributed by atoms with Crippen LogP contribution in [0.2, 0.25) is 0 Å². The first kappa shape index (κ1) is 23.8. The number of sulfonamides is 1. The molecule has 0 saturated heterocycles. The van der Waals surface area contributed by atoms with Crippen LogP contribution in [-0.4, -0.2) is 31.8 Å². The van der Waals surface area contributed by atoms with Crippen molar-refractivity contribution in [1.29, 1.82) is 0 Å². The molecule has 0 aliphatic heterocycles. The smallest absolute Gasteiger partial charge is 0.269 e. The lowest BCUT2D eigenvalue weighted by atomic mass is 10.1. The summed E-state index contributed by atoms with van der Waals surface area (Å²) in [5, 5.41) is 0.932. The highest BCUT2D eigenvalue weighted by Gasteiger charge is 2.16. The summed E-state index contributed by atoms with van der Waals surface area (Å²) in [7, 11) is -3.87. The molecular weight excluding hydrogens is 468 g/mol. The molecule has 2 amide bonds. The Morgan fingerprint density at radius 1 is 0.943 bits per heavy atom. The van der Waals surface area contributed by atoms with Crippen LogP contribution in [0.15, 0.2) is 83.9 Å². The Balaban J connectivity index is 1.37. The second kappa shape index (κ2) is 10.3. The van der Waals surface area contributed by atoms with E-state index in [9.17, 15) is 18.0 Å². The van der Waals surface area contributed by atoms with Crippen molar-refractivity contribution in [3.63, 3.8) is 0 Å². The number of carbonyl (C=O) groups excluding carboxylic acids is 2. The van der Waals surface area contributed by atoms with Gasteiger partial charge in [-0.2, -0.15) is 0 Å². The Labute approximate surface area is 202 Å². The van der Waals surface area contributed by atoms with Crippen LogP contribution in [0.5, 0.6) is 5.75 Å². The average molecular weight is 493 g/mol. The van der Waals surface area contributed by atoms with Gasteiger partial charge in [-0.1, -0.05) is 24.3 Å². The highest BCUT2D eigenvalue weighted by Crippen LogP contribution is 2.20. The van der Waals surface area contributed by atoms with Gasteiger partial charge in [0.2, 0.25) is 5.91 Å². The van der Waals surface area contributed by atoms with Gasteiger partial charge in [-0.05, 0) is 61.0 Å². The van der Waals surface area contributed by atoms with E-state index < -0.39 is 21.8 Å². The molecule has 0 aliphatic rings. The van der Waals surface area contributed by atoms with Gasteiger partial charge in [-0.3, -0.25) is 25.2 Å². The number of carbonyl (C=O) groups is 2. The minimum absolute atomic E-state index is 0.0559. The maximum Gasteiger partial charge on any atom is 0.269 e. The van der Waals surface area contributed by atoms with Gasteiger partial charge in [0.25, 0.3) is 15.9 Å². The van der Waals surface area contributed by atoms with Crippen molar-refractivity contribution >= 4 is 38.4 Å². The number of aromatic nitrogens is 1. The minimum Gasteiger partial charge on any atom is -0.494 e. The maximum atomic E-state index is 12.7. The van der Waals surface area contributed by atoms with Gasteiger partial charge < -0.3 is 9.72 Å². The molecule has 35 heavy (non-hydrogen) atoms. The van der Waals surface area contributed by atoms with Crippen LogP contribution in [0, 0.1) is 0 Å². The third-order valence-corrected chi connectivity index (χ3v) is 6.56. The van der Waals surface area contributed by atoms with Gasteiger partial charge in [0.15, 0.2) is 0 Å². The molecule has 10 heteroatoms. The van der Waals surface area contributed by atoms with Crippen LogP contribution < -0.4 is 20.3 Å². The lowest BCUT2D eigenvalue weighted by Crippen LogP contribution is -2.42. The Hall–Kier alpha value is -4.31. The normalized spacial score (nSPS) is 11.1. The first-order chi connectivity index (χ1) is 16.9. The van der Waals surface area contributed by atoms with Gasteiger partial charge in [-0.15, -0.1) is 0 Å². The van der Waals surface area contributed by atoms with Gasteiger partial charge >= 0.3 is 0 Å². The fourth-order valence-electron chi connectivity index (χ4n) is 3.51. The molecule has 4 rings (SSSR count). The number of hydrogen-bond donors (Lipinski definition) is 4. The van der Waals surface area contributed by atoms with Crippen molar-refractivity contribution in [2.24, 2.45) is 0 Å². The number of rotatable bonds is 8. The van der Waals surface area contributed by atoms with Gasteiger partial charge in [0.1, 0.15) is 5.75 Å². The zero-order chi connectivity index (χ0) is 24.8. The summed E-state index contributed by atoms with van der Waals surface area (Å²) in [5.41, 5.74) is 6.85. The predicted molar refractivity (Wildman–Crippen MR) is 132 cm³/mol. The summed E-state index contributed by atoms with van der Waals surface area (Å²) >= 11 is 0. The van der Waals surface area contributed by atoms with Crippen molar-refractivity contribution < 1.29 is 22.7 Å². The van der Waals surface area contributed by atoms with Crippen LogP contribution in [0.3, 0.4) is 0 Å². The molecular formula is C25H24N4O5S. The molecule has 0 saturated carbocycles. The summed E-state index contributed by atoms with van der Waals surface area (Å²) in [5.74, 6) is -0.410. The SMILES string of the molecule is CCOc1ccc(S(=O)(=O)Nc2cccc(C(=O)NNC(=O)Cc3c[nH]c4ccccc34)c2)cc1. The maximum absolute atomic E-state index is 12.7. The van der Waals surface area contributed by atoms with Crippen molar-refractivity contribution in [1.82, 2.24) is 15.8 Å². The summed E-state index contributed by atoms with van der Waals surface area (Å²) in [6.07, 6.45) is 1.83. The van der Waals surface area contributed by atoms with Gasteiger partial charge in [0.05, 0.1) is 17.9 Å². The van der Waals surface area contributed by atoms with Crippen LogP contribution >= 0.6 is 0 Å². The number of hydrazine groups is 1. The standard InChI is InChI=1S/C25H24N4O5S/c1-2-34-20-10-12-21(13-11-20)35(32,33)29-19-7-5-6-17(14-19)25(31)28-27-24(30)15-18-16-26-23-9-4-3-8-22(18)23/h3-14,16,26,29H,2,15H2,1H3,(H,27,30)(H,28,31). The number of H-pyrrole nitrogens is 1. The molecule has 0 aliphatic carbocycles. The van der Waals surface area contributed by atoms with E-state index in [1.54, 1.807) is 24.4 Å². The van der Waals surface area contributed by atoms with Crippen LogP contribution in [-0.2, 0) is 21.2 Å². The number of ether oxygens (including phenoxy) is 1. The summed E-state index contributed by atoms with van der Waals surface area (Å²) < 4.78 is 33.2. The predicted octanol–water partition coefficient (Wildman–Crippen LogP) is 3.37. The molecule has 0 fully saturated rings. The van der Waals surface area contributed by atoms with Crippen molar-refractivity contribution in [3.8, 4) is 5.75 Å². The van der Waals surface area contributed by atoms with Crippen molar-refractivity contribution in [2.45, 2.75) is 18.2 Å². The Morgan fingerprint density at radius 2 is 1.71 bits per heavy atom. The largest absolute Gasteiger partial charge is 0.494 e. The third-order valence-electron chi connectivity index (χ3n) is 5.16. The van der Waals surface area contributed by atoms with Gasteiger partial charge in [0, 0.05) is 28.4 Å². The molecule has 9 nitrogen and oxygen atoms in total. The number of aromatic amines is 1. The zero-order valence-electron chi connectivity index (χ0n) is 18.9. The Bertz CT molecular complexity index is 1460. The molecule has 0 radical (unpaired) electrons. The number of amides is 2. The fourth-order valence-corrected chi connectivity index (χ4v) is 4.56. The molecule has 180 valence electrons. The molecule has 0 atom stereocenters. The van der Waals surface area contributed by atoms with E-state index in [0.717, 1.165) is 16.5 Å². The average Bonchev–Trinajstić information content (AvgIpc) is 3.26. The second-order valence-electron chi connectivity index (χ2n) is 7.63. The second-order valence-corrected chi connectivity index (χ2v) is 9.31. The first-order valence-electron chi connectivity index (χ1n) is 10.9. The highest BCUT2D eigenvalue weighted by molar-refractivity contribution is 7.92. The number of para-hydroxylation sites is 1. The van der Waals surface area contributed by atoms with Crippen LogP contribution in [0.4, 0.5) is 5.69 Å². The molecule has 3 aromatic carbocycles. The van der Waals surface area contributed by atoms with Crippen molar-refractivity contribution in [2.75, 3.05) is 11.3 Å². The summed E-state index contributed by atoms with van der Waals surface area (Å²) in [6, 6.07) is 19.6. The molecule has 4 N–H and O–H groups in total. The molecule has 0 unspecified atom stereocenters. The van der Waals surface area contributed by atoms with Crippen LogP contribution in [0.25, 0.3) is 10.9 Å². The fraction of sp³-hybridized carbons (Fsp3) is 0.120. The summed E-state index contributed by atoms with van der Waals surface area (Å²) in [4.78, 5) is 28.0. The molecule has 1 aromatic heterocycles. The van der Waals surface area contributed by atoms with Crippen LogP contribution in [0.1, 0.15) is 22.8 Å². The van der Waals surface area contributed by atoms with Gasteiger partial charge in [-0.25, -0.2) is 8.42 Å². The number of anilines is 1. The molecule has 4 aromatic rings. The van der Waals surface area contributed by atoms with E-state index in [-0.39, 0.29) is 22.6 Å². The molecule has 1 heterocycles. The number of fused-ring (bicyclic) bond motifs is 1. The zero-order valence-corrected chi connectivity index (χ0v) is 19.7. The summed E-state index contributed by atoms with van der Waals surface area (Å²) in [6.45, 7) is 2.31. The molecule has 0 bridgehead atoms. The third kappa shape index (κ3) is 5.79. The number of nitrogens with one attached hydrogen (secondary N) is 4. The lowest BCUT2D eigenvalue weighted by Gasteiger charge is -2.11. The molecule has 0 spiro atoms. The highest BCUT2D eigenvalue weighted by atomic mass is 32.2. The minimum atomic E-state index is -3.87. The lowest BCUT2D eigenvalue weighted by molar-refractivity contribution is -0.121. The quantitative estimate of drug-likeness (QED) is 0.280. The van der Waals surface area contributed by atoms with E-state index in [2.05, 4.69) is 20.6 Å².